The molecule has 3 aromatic rings. The predicted octanol–water partition coefficient (Wildman–Crippen LogP) is 4.35. The Labute approximate surface area is 178 Å². The van der Waals surface area contributed by atoms with Gasteiger partial charge in [0.15, 0.2) is 0 Å². The van der Waals surface area contributed by atoms with Crippen LogP contribution in [0.1, 0.15) is 17.7 Å². The smallest absolute Gasteiger partial charge is 0.417 e. The summed E-state index contributed by atoms with van der Waals surface area (Å²) in [6.07, 6.45) is -2.69. The molecule has 1 aliphatic heterocycles. The van der Waals surface area contributed by atoms with E-state index >= 15 is 0 Å². The SMILES string of the molecule is OCCc1nc(-c2ccccc2)ccc1N1CC[C@H](Oc2ccc(C(F)(F)F)cn2)C1. The van der Waals surface area contributed by atoms with Gasteiger partial charge in [-0.25, -0.2) is 4.98 Å². The molecule has 8 heteroatoms. The quantitative estimate of drug-likeness (QED) is 0.631. The Bertz CT molecular complexity index is 1010. The summed E-state index contributed by atoms with van der Waals surface area (Å²) in [5.41, 5.74) is 2.78. The van der Waals surface area contributed by atoms with Crippen molar-refractivity contribution in [3.63, 3.8) is 0 Å². The van der Waals surface area contributed by atoms with Crippen LogP contribution in [-0.4, -0.2) is 40.9 Å². The summed E-state index contributed by atoms with van der Waals surface area (Å²) in [4.78, 5) is 10.7. The molecule has 0 amide bonds. The van der Waals surface area contributed by atoms with Gasteiger partial charge in [-0.1, -0.05) is 30.3 Å². The number of ether oxygens (including phenoxy) is 1. The first kappa shape index (κ1) is 21.1. The van der Waals surface area contributed by atoms with Crippen molar-refractivity contribution in [3.05, 3.63) is 72.1 Å². The topological polar surface area (TPSA) is 58.5 Å². The van der Waals surface area contributed by atoms with Gasteiger partial charge >= 0.3 is 6.18 Å². The Morgan fingerprint density at radius 3 is 2.55 bits per heavy atom. The summed E-state index contributed by atoms with van der Waals surface area (Å²) < 4.78 is 43.9. The van der Waals surface area contributed by atoms with Crippen LogP contribution in [0.5, 0.6) is 5.88 Å². The third kappa shape index (κ3) is 4.96. The number of aromatic nitrogens is 2. The van der Waals surface area contributed by atoms with Crippen LogP contribution in [0, 0.1) is 0 Å². The van der Waals surface area contributed by atoms with Gasteiger partial charge in [0.1, 0.15) is 6.10 Å². The Hall–Kier alpha value is -3.13. The predicted molar refractivity (Wildman–Crippen MR) is 111 cm³/mol. The largest absolute Gasteiger partial charge is 0.472 e. The first-order valence-corrected chi connectivity index (χ1v) is 10.0. The molecule has 2 aromatic heterocycles. The highest BCUT2D eigenvalue weighted by Crippen LogP contribution is 2.31. The Balaban J connectivity index is 1.47. The number of halogens is 3. The second-order valence-electron chi connectivity index (χ2n) is 7.36. The highest BCUT2D eigenvalue weighted by molar-refractivity contribution is 5.63. The molecule has 1 aliphatic rings. The molecule has 31 heavy (non-hydrogen) atoms. The zero-order chi connectivity index (χ0) is 21.8. The molecule has 5 nitrogen and oxygen atoms in total. The molecule has 1 N–H and O–H groups in total. The molecule has 1 fully saturated rings. The molecule has 3 heterocycles. The molecule has 4 rings (SSSR count). The van der Waals surface area contributed by atoms with Gasteiger partial charge in [-0.15, -0.1) is 0 Å². The zero-order valence-electron chi connectivity index (χ0n) is 16.7. The fourth-order valence-corrected chi connectivity index (χ4v) is 3.67. The van der Waals surface area contributed by atoms with Crippen LogP contribution in [0.3, 0.4) is 0 Å². The molecule has 0 aliphatic carbocycles. The van der Waals surface area contributed by atoms with Gasteiger partial charge in [-0.2, -0.15) is 13.2 Å². The molecule has 1 aromatic carbocycles. The molecule has 0 bridgehead atoms. The number of alkyl halides is 3. The van der Waals surface area contributed by atoms with Crippen molar-refractivity contribution in [1.29, 1.82) is 0 Å². The summed E-state index contributed by atoms with van der Waals surface area (Å²) in [7, 11) is 0. The number of nitrogens with zero attached hydrogens (tertiary/aromatic N) is 3. The lowest BCUT2D eigenvalue weighted by Crippen LogP contribution is -2.26. The third-order valence-corrected chi connectivity index (χ3v) is 5.21. The normalized spacial score (nSPS) is 16.5. The fourth-order valence-electron chi connectivity index (χ4n) is 3.67. The van der Waals surface area contributed by atoms with Crippen molar-refractivity contribution in [1.82, 2.24) is 9.97 Å². The molecule has 0 radical (unpaired) electrons. The summed E-state index contributed by atoms with van der Waals surface area (Å²) in [6.45, 7) is 1.27. The van der Waals surface area contributed by atoms with Gasteiger partial charge in [-0.05, 0) is 18.2 Å². The number of anilines is 1. The number of aliphatic hydroxyl groups is 1. The maximum Gasteiger partial charge on any atom is 0.417 e. The average Bonchev–Trinajstić information content (AvgIpc) is 3.22. The lowest BCUT2D eigenvalue weighted by molar-refractivity contribution is -0.137. The summed E-state index contributed by atoms with van der Waals surface area (Å²) in [5, 5.41) is 9.50. The minimum atomic E-state index is -4.42. The number of benzene rings is 1. The van der Waals surface area contributed by atoms with Crippen LogP contribution in [0.15, 0.2) is 60.8 Å². The fraction of sp³-hybridized carbons (Fsp3) is 0.304. The van der Waals surface area contributed by atoms with E-state index in [9.17, 15) is 18.3 Å². The first-order valence-electron chi connectivity index (χ1n) is 10.0. The summed E-state index contributed by atoms with van der Waals surface area (Å²) in [6, 6.07) is 16.0. The minimum Gasteiger partial charge on any atom is -0.472 e. The van der Waals surface area contributed by atoms with Crippen molar-refractivity contribution < 1.29 is 23.0 Å². The maximum absolute atomic E-state index is 12.7. The van der Waals surface area contributed by atoms with Gasteiger partial charge in [-0.3, -0.25) is 4.98 Å². The molecular formula is C23H22F3N3O2. The maximum atomic E-state index is 12.7. The van der Waals surface area contributed by atoms with Crippen molar-refractivity contribution in [2.45, 2.75) is 25.1 Å². The molecule has 0 spiro atoms. The van der Waals surface area contributed by atoms with E-state index in [2.05, 4.69) is 9.88 Å². The van der Waals surface area contributed by atoms with Crippen molar-refractivity contribution >= 4 is 5.69 Å². The van der Waals surface area contributed by atoms with Gasteiger partial charge in [0.05, 0.1) is 29.2 Å². The van der Waals surface area contributed by atoms with E-state index in [1.54, 1.807) is 0 Å². The molecule has 0 unspecified atom stereocenters. The van der Waals surface area contributed by atoms with Crippen LogP contribution < -0.4 is 9.64 Å². The Kier molecular flexibility index (Phi) is 6.08. The van der Waals surface area contributed by atoms with Crippen LogP contribution in [-0.2, 0) is 12.6 Å². The highest BCUT2D eigenvalue weighted by atomic mass is 19.4. The van der Waals surface area contributed by atoms with Gasteiger partial charge in [0.2, 0.25) is 5.88 Å². The van der Waals surface area contributed by atoms with E-state index in [1.165, 1.54) is 6.07 Å². The number of rotatable bonds is 6. The van der Waals surface area contributed by atoms with Crippen molar-refractivity contribution in [2.75, 3.05) is 24.6 Å². The number of hydrogen-bond donors (Lipinski definition) is 1. The zero-order valence-corrected chi connectivity index (χ0v) is 16.7. The molecular weight excluding hydrogens is 407 g/mol. The minimum absolute atomic E-state index is 0.0124. The standard InChI is InChI=1S/C23H22F3N3O2/c24-23(25,26)17-6-9-22(27-14-17)31-18-10-12-29(15-18)21-8-7-19(28-20(21)11-13-30)16-4-2-1-3-5-16/h1-9,14,18,30H,10-13,15H2/t18-/m0/s1. The van der Waals surface area contributed by atoms with Crippen LogP contribution in [0.2, 0.25) is 0 Å². The molecule has 0 saturated carbocycles. The number of pyridine rings is 2. The van der Waals surface area contributed by atoms with E-state index < -0.39 is 11.7 Å². The molecule has 1 atom stereocenters. The van der Waals surface area contributed by atoms with E-state index in [1.807, 2.05) is 42.5 Å². The Morgan fingerprint density at radius 1 is 1.06 bits per heavy atom. The molecule has 1 saturated heterocycles. The monoisotopic (exact) mass is 429 g/mol. The lowest BCUT2D eigenvalue weighted by atomic mass is 10.1. The molecule has 162 valence electrons. The van der Waals surface area contributed by atoms with Crippen LogP contribution >= 0.6 is 0 Å². The number of aliphatic hydroxyl groups excluding tert-OH is 1. The van der Waals surface area contributed by atoms with Gasteiger partial charge in [0.25, 0.3) is 0 Å². The highest BCUT2D eigenvalue weighted by Gasteiger charge is 2.31. The van der Waals surface area contributed by atoms with E-state index in [4.69, 9.17) is 9.72 Å². The average molecular weight is 429 g/mol. The van der Waals surface area contributed by atoms with Crippen LogP contribution in [0.4, 0.5) is 18.9 Å². The third-order valence-electron chi connectivity index (χ3n) is 5.21. The lowest BCUT2D eigenvalue weighted by Gasteiger charge is -2.22. The second-order valence-corrected chi connectivity index (χ2v) is 7.36. The van der Waals surface area contributed by atoms with Crippen LogP contribution in [0.25, 0.3) is 11.3 Å². The Morgan fingerprint density at radius 2 is 1.87 bits per heavy atom. The van der Waals surface area contributed by atoms with Gasteiger partial charge in [0, 0.05) is 43.8 Å². The summed E-state index contributed by atoms with van der Waals surface area (Å²) >= 11 is 0. The summed E-state index contributed by atoms with van der Waals surface area (Å²) in [5.74, 6) is 0.174. The van der Waals surface area contributed by atoms with Gasteiger partial charge < -0.3 is 14.7 Å². The van der Waals surface area contributed by atoms with Crippen molar-refractivity contribution in [2.24, 2.45) is 0 Å². The van der Waals surface area contributed by atoms with E-state index in [0.717, 1.165) is 41.4 Å². The van der Waals surface area contributed by atoms with Crippen molar-refractivity contribution in [3.8, 4) is 17.1 Å². The first-order chi connectivity index (χ1) is 14.9. The van der Waals surface area contributed by atoms with E-state index in [-0.39, 0.29) is 18.6 Å². The second kappa shape index (κ2) is 8.93. The number of hydrogen-bond acceptors (Lipinski definition) is 5. The van der Waals surface area contributed by atoms with E-state index in [0.29, 0.717) is 19.4 Å².